The first-order valence-corrected chi connectivity index (χ1v) is 9.14. The molecule has 1 atom stereocenters. The van der Waals surface area contributed by atoms with Crippen LogP contribution in [0.1, 0.15) is 36.5 Å². The van der Waals surface area contributed by atoms with Crippen LogP contribution in [0.4, 0.5) is 0 Å². The van der Waals surface area contributed by atoms with Crippen LogP contribution in [-0.2, 0) is 11.2 Å². The van der Waals surface area contributed by atoms with Gasteiger partial charge in [0.15, 0.2) is 6.10 Å². The first-order chi connectivity index (χ1) is 12.0. The lowest BCUT2D eigenvalue weighted by Crippen LogP contribution is -2.38. The van der Waals surface area contributed by atoms with E-state index in [1.807, 2.05) is 63.2 Å². The van der Waals surface area contributed by atoms with Gasteiger partial charge in [0.2, 0.25) is 0 Å². The Hall–Kier alpha value is -2.00. The minimum absolute atomic E-state index is 0.0560. The maximum Gasteiger partial charge on any atom is 0.261 e. The molecule has 0 aliphatic rings. The van der Waals surface area contributed by atoms with Crippen molar-refractivity contribution in [3.05, 3.63) is 64.2 Å². The van der Waals surface area contributed by atoms with Crippen LogP contribution in [0.3, 0.4) is 0 Å². The van der Waals surface area contributed by atoms with E-state index in [4.69, 9.17) is 16.3 Å². The van der Waals surface area contributed by atoms with Crippen molar-refractivity contribution in [3.8, 4) is 5.75 Å². The van der Waals surface area contributed by atoms with Crippen molar-refractivity contribution in [2.24, 2.45) is 0 Å². The van der Waals surface area contributed by atoms with Gasteiger partial charge in [-0.1, -0.05) is 42.8 Å². The highest BCUT2D eigenvalue weighted by Gasteiger charge is 2.18. The molecular formula is C21H26ClNO2. The van der Waals surface area contributed by atoms with Gasteiger partial charge in [0, 0.05) is 11.6 Å². The van der Waals surface area contributed by atoms with Crippen LogP contribution in [0.2, 0.25) is 5.02 Å². The number of hydrogen-bond acceptors (Lipinski definition) is 2. The van der Waals surface area contributed by atoms with Gasteiger partial charge in [-0.05, 0) is 68.0 Å². The van der Waals surface area contributed by atoms with Crippen molar-refractivity contribution in [2.75, 3.05) is 6.54 Å². The Morgan fingerprint density at radius 2 is 1.88 bits per heavy atom. The van der Waals surface area contributed by atoms with Gasteiger partial charge < -0.3 is 10.1 Å². The summed E-state index contributed by atoms with van der Waals surface area (Å²) in [7, 11) is 0. The van der Waals surface area contributed by atoms with E-state index in [-0.39, 0.29) is 5.91 Å². The highest BCUT2D eigenvalue weighted by Crippen LogP contribution is 2.22. The third kappa shape index (κ3) is 5.79. The number of benzene rings is 2. The van der Waals surface area contributed by atoms with E-state index in [1.165, 1.54) is 5.56 Å². The molecule has 0 saturated carbocycles. The van der Waals surface area contributed by atoms with Crippen molar-refractivity contribution in [1.29, 1.82) is 0 Å². The Bertz CT molecular complexity index is 698. The van der Waals surface area contributed by atoms with Crippen LogP contribution in [0.15, 0.2) is 42.5 Å². The lowest BCUT2D eigenvalue weighted by Gasteiger charge is -2.19. The first-order valence-electron chi connectivity index (χ1n) is 8.76. The summed E-state index contributed by atoms with van der Waals surface area (Å²) in [5.74, 6) is 0.725. The third-order valence-electron chi connectivity index (χ3n) is 4.34. The monoisotopic (exact) mass is 359 g/mol. The van der Waals surface area contributed by atoms with Crippen LogP contribution in [-0.4, -0.2) is 18.6 Å². The van der Waals surface area contributed by atoms with Crippen LogP contribution < -0.4 is 10.1 Å². The quantitative estimate of drug-likeness (QED) is 0.683. The highest BCUT2D eigenvalue weighted by atomic mass is 35.5. The summed E-state index contributed by atoms with van der Waals surface area (Å²) in [5, 5.41) is 3.72. The predicted octanol–water partition coefficient (Wildman–Crippen LogP) is 4.86. The minimum Gasteiger partial charge on any atom is -0.480 e. The second kappa shape index (κ2) is 9.47. The number of rotatable bonds is 8. The standard InChI is InChI=1S/C21H26ClNO2/c1-4-19(25-20-9-5-7-15(2)16(20)3)21(24)23-14-6-8-17-10-12-18(22)13-11-17/h5,7,9-13,19H,4,6,8,14H2,1-3H3,(H,23,24)/t19-/m1/s1. The number of amides is 1. The van der Waals surface area contributed by atoms with Crippen molar-refractivity contribution in [3.63, 3.8) is 0 Å². The number of hydrogen-bond donors (Lipinski definition) is 1. The molecule has 0 radical (unpaired) electrons. The fourth-order valence-electron chi connectivity index (χ4n) is 2.60. The molecule has 2 aromatic carbocycles. The van der Waals surface area contributed by atoms with Gasteiger partial charge in [-0.25, -0.2) is 0 Å². The molecule has 1 N–H and O–H groups in total. The molecular weight excluding hydrogens is 334 g/mol. The van der Waals surface area contributed by atoms with Gasteiger partial charge in [0.1, 0.15) is 5.75 Å². The maximum atomic E-state index is 12.4. The minimum atomic E-state index is -0.462. The molecule has 3 nitrogen and oxygen atoms in total. The van der Waals surface area contributed by atoms with Gasteiger partial charge in [0.25, 0.3) is 5.91 Å². The number of halogens is 1. The molecule has 0 unspecified atom stereocenters. The molecule has 2 aromatic rings. The lowest BCUT2D eigenvalue weighted by molar-refractivity contribution is -0.128. The van der Waals surface area contributed by atoms with E-state index in [1.54, 1.807) is 0 Å². The molecule has 0 bridgehead atoms. The van der Waals surface area contributed by atoms with E-state index in [0.717, 1.165) is 34.7 Å². The zero-order valence-corrected chi connectivity index (χ0v) is 15.9. The Morgan fingerprint density at radius 3 is 2.56 bits per heavy atom. The summed E-state index contributed by atoms with van der Waals surface area (Å²) in [4.78, 5) is 12.4. The van der Waals surface area contributed by atoms with Crippen LogP contribution >= 0.6 is 11.6 Å². The largest absolute Gasteiger partial charge is 0.480 e. The summed E-state index contributed by atoms with van der Waals surface area (Å²) < 4.78 is 5.94. The molecule has 0 saturated heterocycles. The molecule has 4 heteroatoms. The van der Waals surface area contributed by atoms with Crippen LogP contribution in [0, 0.1) is 13.8 Å². The molecule has 0 aliphatic heterocycles. The number of nitrogens with one attached hydrogen (secondary N) is 1. The average molecular weight is 360 g/mol. The number of ether oxygens (including phenoxy) is 1. The molecule has 1 amide bonds. The third-order valence-corrected chi connectivity index (χ3v) is 4.59. The Balaban J connectivity index is 1.81. The van der Waals surface area contributed by atoms with Crippen molar-refractivity contribution in [1.82, 2.24) is 5.32 Å². The molecule has 0 spiro atoms. The Labute approximate surface area is 155 Å². The predicted molar refractivity (Wildman–Crippen MR) is 103 cm³/mol. The summed E-state index contributed by atoms with van der Waals surface area (Å²) in [5.41, 5.74) is 3.46. The van der Waals surface area contributed by atoms with Gasteiger partial charge in [-0.2, -0.15) is 0 Å². The second-order valence-corrected chi connectivity index (χ2v) is 6.67. The van der Waals surface area contributed by atoms with Crippen molar-refractivity contribution in [2.45, 2.75) is 46.1 Å². The second-order valence-electron chi connectivity index (χ2n) is 6.23. The smallest absolute Gasteiger partial charge is 0.261 e. The SMILES string of the molecule is CC[C@@H](Oc1cccc(C)c1C)C(=O)NCCCc1ccc(Cl)cc1. The zero-order chi connectivity index (χ0) is 18.2. The van der Waals surface area contributed by atoms with Crippen molar-refractivity contribution < 1.29 is 9.53 Å². The van der Waals surface area contributed by atoms with E-state index in [9.17, 15) is 4.79 Å². The van der Waals surface area contributed by atoms with Gasteiger partial charge >= 0.3 is 0 Å². The Kier molecular flexibility index (Phi) is 7.32. The molecule has 0 heterocycles. The van der Waals surface area contributed by atoms with E-state index < -0.39 is 6.10 Å². The molecule has 0 aliphatic carbocycles. The summed E-state index contributed by atoms with van der Waals surface area (Å²) >= 11 is 5.88. The Morgan fingerprint density at radius 1 is 1.16 bits per heavy atom. The first kappa shape index (κ1) is 19.3. The number of carbonyl (C=O) groups excluding carboxylic acids is 1. The fraction of sp³-hybridized carbons (Fsp3) is 0.381. The fourth-order valence-corrected chi connectivity index (χ4v) is 2.72. The molecule has 134 valence electrons. The highest BCUT2D eigenvalue weighted by molar-refractivity contribution is 6.30. The molecule has 0 fully saturated rings. The molecule has 0 aromatic heterocycles. The normalized spacial score (nSPS) is 11.8. The average Bonchev–Trinajstić information content (AvgIpc) is 2.61. The topological polar surface area (TPSA) is 38.3 Å². The van der Waals surface area contributed by atoms with Gasteiger partial charge in [-0.15, -0.1) is 0 Å². The van der Waals surface area contributed by atoms with E-state index in [2.05, 4.69) is 5.32 Å². The number of aryl methyl sites for hydroxylation is 2. The number of carbonyl (C=O) groups is 1. The van der Waals surface area contributed by atoms with Crippen LogP contribution in [0.25, 0.3) is 0 Å². The van der Waals surface area contributed by atoms with Crippen LogP contribution in [0.5, 0.6) is 5.75 Å². The molecule has 25 heavy (non-hydrogen) atoms. The summed E-state index contributed by atoms with van der Waals surface area (Å²) in [6, 6.07) is 13.7. The van der Waals surface area contributed by atoms with Gasteiger partial charge in [0.05, 0.1) is 0 Å². The maximum absolute atomic E-state index is 12.4. The zero-order valence-electron chi connectivity index (χ0n) is 15.1. The van der Waals surface area contributed by atoms with E-state index >= 15 is 0 Å². The van der Waals surface area contributed by atoms with Gasteiger partial charge in [-0.3, -0.25) is 4.79 Å². The lowest BCUT2D eigenvalue weighted by atomic mass is 10.1. The van der Waals surface area contributed by atoms with Crippen molar-refractivity contribution >= 4 is 17.5 Å². The summed E-state index contributed by atoms with van der Waals surface area (Å²) in [6.45, 7) is 6.65. The molecule has 2 rings (SSSR count). The van der Waals surface area contributed by atoms with E-state index in [0.29, 0.717) is 13.0 Å². The summed E-state index contributed by atoms with van der Waals surface area (Å²) in [6.07, 6.45) is 1.96.